The number of carboxylic acid groups (broad SMARTS) is 1. The van der Waals surface area contributed by atoms with Crippen molar-refractivity contribution in [2.45, 2.75) is 49.5 Å². The molecule has 0 bridgehead atoms. The lowest BCUT2D eigenvalue weighted by atomic mass is 9.86. The maximum Gasteiger partial charge on any atom is 0.404 e. The third-order valence-corrected chi connectivity index (χ3v) is 8.26. The van der Waals surface area contributed by atoms with Crippen LogP contribution < -0.4 is 15.4 Å². The molecule has 3 aromatic rings. The van der Waals surface area contributed by atoms with Gasteiger partial charge >= 0.3 is 6.09 Å². The Labute approximate surface area is 195 Å². The Morgan fingerprint density at radius 2 is 2.03 bits per heavy atom. The van der Waals surface area contributed by atoms with E-state index in [-0.39, 0.29) is 29.4 Å². The van der Waals surface area contributed by atoms with Gasteiger partial charge in [-0.25, -0.2) is 27.9 Å². The molecule has 12 heteroatoms. The van der Waals surface area contributed by atoms with Gasteiger partial charge in [-0.2, -0.15) is 0 Å². The normalized spacial score (nSPS) is 18.7. The first kappa shape index (κ1) is 23.2. The van der Waals surface area contributed by atoms with E-state index < -0.39 is 16.1 Å². The van der Waals surface area contributed by atoms with Crippen molar-refractivity contribution in [1.82, 2.24) is 20.0 Å². The third kappa shape index (κ3) is 5.52. The maximum absolute atomic E-state index is 13.0. The summed E-state index contributed by atoms with van der Waals surface area (Å²) in [4.78, 5) is 20.4. The molecule has 0 spiro atoms. The molecule has 2 heterocycles. The van der Waals surface area contributed by atoms with E-state index in [0.717, 1.165) is 35.6 Å². The van der Waals surface area contributed by atoms with Crippen molar-refractivity contribution < 1.29 is 22.7 Å². The number of hydrogen-bond donors (Lipinski definition) is 4. The summed E-state index contributed by atoms with van der Waals surface area (Å²) in [5, 5.41) is 15.4. The van der Waals surface area contributed by atoms with Crippen molar-refractivity contribution in [1.29, 1.82) is 0 Å². The number of rotatable bonds is 8. The lowest BCUT2D eigenvalue weighted by Crippen LogP contribution is -2.36. The second-order valence-electron chi connectivity index (χ2n) is 7.74. The number of oxazole rings is 1. The van der Waals surface area contributed by atoms with Crippen LogP contribution in [0.25, 0.3) is 10.4 Å². The van der Waals surface area contributed by atoms with Crippen LogP contribution in [0.5, 0.6) is 0 Å². The summed E-state index contributed by atoms with van der Waals surface area (Å²) < 4.78 is 33.7. The van der Waals surface area contributed by atoms with E-state index in [9.17, 15) is 13.2 Å². The summed E-state index contributed by atoms with van der Waals surface area (Å²) in [6.07, 6.45) is 6.82. The van der Waals surface area contributed by atoms with Crippen molar-refractivity contribution in [2.24, 2.45) is 0 Å². The number of carbonyl (C=O) groups is 1. The molecular weight excluding hydrogens is 466 g/mol. The number of amides is 1. The van der Waals surface area contributed by atoms with Crippen LogP contribution in [0.3, 0.4) is 0 Å². The summed E-state index contributed by atoms with van der Waals surface area (Å²) in [6.45, 7) is 1.99. The molecule has 0 unspecified atom stereocenters. The first-order chi connectivity index (χ1) is 15.9. The fraction of sp³-hybridized carbons (Fsp3) is 0.381. The first-order valence-corrected chi connectivity index (χ1v) is 12.9. The summed E-state index contributed by atoms with van der Waals surface area (Å²) >= 11 is 1.48. The molecule has 1 amide bonds. The van der Waals surface area contributed by atoms with E-state index in [1.807, 2.05) is 0 Å². The van der Waals surface area contributed by atoms with Gasteiger partial charge in [-0.3, -0.25) is 0 Å². The highest BCUT2D eigenvalue weighted by Crippen LogP contribution is 2.40. The molecule has 1 aliphatic carbocycles. The van der Waals surface area contributed by atoms with E-state index in [2.05, 4.69) is 25.3 Å². The van der Waals surface area contributed by atoms with Crippen molar-refractivity contribution >= 4 is 39.2 Å². The summed E-state index contributed by atoms with van der Waals surface area (Å²) in [6, 6.07) is 5.31. The molecule has 176 valence electrons. The molecule has 1 fully saturated rings. The summed E-state index contributed by atoms with van der Waals surface area (Å²) in [5.74, 6) is 0.232. The van der Waals surface area contributed by atoms with Crippen molar-refractivity contribution in [3.63, 3.8) is 0 Å². The fourth-order valence-corrected chi connectivity index (χ4v) is 6.44. The molecule has 0 radical (unpaired) electrons. The Morgan fingerprint density at radius 1 is 1.24 bits per heavy atom. The lowest BCUT2D eigenvalue weighted by molar-refractivity contribution is 0.185. The van der Waals surface area contributed by atoms with E-state index >= 15 is 0 Å². The second-order valence-corrected chi connectivity index (χ2v) is 10.5. The Balaban J connectivity index is 1.59. The van der Waals surface area contributed by atoms with Crippen LogP contribution in [0.4, 0.5) is 16.5 Å². The number of sulfonamides is 1. The number of hydrogen-bond acceptors (Lipinski definition) is 8. The predicted octanol–water partition coefficient (Wildman–Crippen LogP) is 4.13. The van der Waals surface area contributed by atoms with Crippen molar-refractivity contribution in [2.75, 3.05) is 11.9 Å². The molecule has 1 saturated carbocycles. The van der Waals surface area contributed by atoms with Gasteiger partial charge in [-0.1, -0.05) is 13.0 Å². The van der Waals surface area contributed by atoms with Crippen LogP contribution >= 0.6 is 11.3 Å². The van der Waals surface area contributed by atoms with Gasteiger partial charge < -0.3 is 20.2 Å². The summed E-state index contributed by atoms with van der Waals surface area (Å²) in [7, 11) is -3.75. The molecule has 4 rings (SSSR count). The van der Waals surface area contributed by atoms with Gasteiger partial charge in [-0.15, -0.1) is 11.3 Å². The second kappa shape index (κ2) is 9.89. The fourth-order valence-electron chi connectivity index (χ4n) is 3.96. The number of nitrogens with one attached hydrogen (secondary N) is 3. The van der Waals surface area contributed by atoms with Crippen LogP contribution in [0.15, 0.2) is 46.2 Å². The number of benzene rings is 1. The lowest BCUT2D eigenvalue weighted by Gasteiger charge is -2.27. The van der Waals surface area contributed by atoms with Crippen LogP contribution in [-0.2, 0) is 10.0 Å². The highest BCUT2D eigenvalue weighted by atomic mass is 32.2. The molecule has 0 aliphatic heterocycles. The van der Waals surface area contributed by atoms with E-state index in [4.69, 9.17) is 9.52 Å². The minimum absolute atomic E-state index is 0.0289. The average Bonchev–Trinajstić information content (AvgIpc) is 3.46. The highest BCUT2D eigenvalue weighted by Gasteiger charge is 2.27. The maximum atomic E-state index is 13.0. The van der Waals surface area contributed by atoms with Gasteiger partial charge in [-0.05, 0) is 37.8 Å². The smallest absolute Gasteiger partial charge is 0.404 e. The molecule has 10 nitrogen and oxygen atoms in total. The number of thiazole rings is 1. The average molecular weight is 492 g/mol. The molecular formula is C21H25N5O5S2. The Kier molecular flexibility index (Phi) is 6.96. The Morgan fingerprint density at radius 3 is 2.70 bits per heavy atom. The largest absolute Gasteiger partial charge is 0.465 e. The molecule has 0 saturated heterocycles. The molecule has 1 aliphatic rings. The zero-order valence-electron chi connectivity index (χ0n) is 17.9. The van der Waals surface area contributed by atoms with Gasteiger partial charge in [0.2, 0.25) is 10.0 Å². The van der Waals surface area contributed by atoms with Gasteiger partial charge in [0.25, 0.3) is 6.01 Å². The molecule has 4 N–H and O–H groups in total. The van der Waals surface area contributed by atoms with Gasteiger partial charge in [0.1, 0.15) is 6.26 Å². The quantitative estimate of drug-likeness (QED) is 0.368. The zero-order chi connectivity index (χ0) is 23.4. The van der Waals surface area contributed by atoms with Crippen molar-refractivity contribution in [3.05, 3.63) is 41.9 Å². The van der Waals surface area contributed by atoms with Gasteiger partial charge in [0.05, 0.1) is 21.0 Å². The zero-order valence-corrected chi connectivity index (χ0v) is 19.6. The molecule has 33 heavy (non-hydrogen) atoms. The standard InChI is InChI=1S/C21H25N5O5S2/c1-2-24-33(29,30)18-11-15(25-20-22-9-10-31-20)7-8-16(18)17-12-23-19(32-17)13-3-5-14(6-4-13)26-21(27)28/h7-14,24,26H,2-6H2,1H3,(H,22,25)(H,27,28). The Hall–Kier alpha value is -2.96. The highest BCUT2D eigenvalue weighted by molar-refractivity contribution is 7.89. The van der Waals surface area contributed by atoms with E-state index in [1.165, 1.54) is 23.8 Å². The first-order valence-electron chi connectivity index (χ1n) is 10.6. The van der Waals surface area contributed by atoms with Crippen LogP contribution in [0, 0.1) is 0 Å². The number of anilines is 2. The topological polar surface area (TPSA) is 146 Å². The van der Waals surface area contributed by atoms with Gasteiger partial charge in [0.15, 0.2) is 0 Å². The minimum Gasteiger partial charge on any atom is -0.465 e. The SMILES string of the molecule is CCNS(=O)(=O)c1cc(Nc2ncco2)ccc1-c1cnc(C2CCC(NC(=O)O)CC2)s1. The van der Waals surface area contributed by atoms with Gasteiger partial charge in [0, 0.05) is 36.0 Å². The van der Waals surface area contributed by atoms with Crippen LogP contribution in [-0.4, -0.2) is 42.2 Å². The summed E-state index contributed by atoms with van der Waals surface area (Å²) in [5.41, 5.74) is 1.10. The molecule has 2 aromatic heterocycles. The van der Waals surface area contributed by atoms with Crippen LogP contribution in [0.1, 0.15) is 43.5 Å². The van der Waals surface area contributed by atoms with Crippen LogP contribution in [0.2, 0.25) is 0 Å². The molecule has 0 atom stereocenters. The predicted molar refractivity (Wildman–Crippen MR) is 124 cm³/mol. The minimum atomic E-state index is -3.75. The van der Waals surface area contributed by atoms with E-state index in [1.54, 1.807) is 31.3 Å². The third-order valence-electron chi connectivity index (χ3n) is 5.48. The monoisotopic (exact) mass is 491 g/mol. The Bertz CT molecular complexity index is 1200. The van der Waals surface area contributed by atoms with E-state index in [0.29, 0.717) is 11.3 Å². The number of nitrogens with zero attached hydrogens (tertiary/aromatic N) is 2. The van der Waals surface area contributed by atoms with Crippen molar-refractivity contribution in [3.8, 4) is 10.4 Å². The number of aromatic nitrogens is 2. The molecule has 1 aromatic carbocycles.